The Labute approximate surface area is 101 Å². The summed E-state index contributed by atoms with van der Waals surface area (Å²) in [6, 6.07) is 2.36. The van der Waals surface area contributed by atoms with Gasteiger partial charge >= 0.3 is 0 Å². The SMILES string of the molecule is CNC(CCc1ccnn1C)c1cn(C)cn1. The van der Waals surface area contributed by atoms with Gasteiger partial charge in [-0.2, -0.15) is 5.10 Å². The van der Waals surface area contributed by atoms with Crippen LogP contribution in [0.25, 0.3) is 0 Å². The fourth-order valence-electron chi connectivity index (χ4n) is 1.99. The highest BCUT2D eigenvalue weighted by molar-refractivity contribution is 5.06. The van der Waals surface area contributed by atoms with Crippen LogP contribution in [0.15, 0.2) is 24.8 Å². The topological polar surface area (TPSA) is 47.7 Å². The van der Waals surface area contributed by atoms with Gasteiger partial charge in [-0.15, -0.1) is 0 Å². The van der Waals surface area contributed by atoms with Crippen molar-refractivity contribution in [3.63, 3.8) is 0 Å². The second-order valence-corrected chi connectivity index (χ2v) is 4.29. The molecule has 0 amide bonds. The van der Waals surface area contributed by atoms with E-state index in [2.05, 4.69) is 27.7 Å². The van der Waals surface area contributed by atoms with Gasteiger partial charge in [0.25, 0.3) is 0 Å². The molecular formula is C12H19N5. The maximum atomic E-state index is 4.39. The molecule has 2 aromatic heterocycles. The van der Waals surface area contributed by atoms with Crippen LogP contribution >= 0.6 is 0 Å². The normalized spacial score (nSPS) is 12.9. The van der Waals surface area contributed by atoms with Gasteiger partial charge in [0, 0.05) is 32.2 Å². The van der Waals surface area contributed by atoms with Crippen molar-refractivity contribution in [2.45, 2.75) is 18.9 Å². The predicted molar refractivity (Wildman–Crippen MR) is 66.5 cm³/mol. The summed E-state index contributed by atoms with van der Waals surface area (Å²) >= 11 is 0. The molecule has 92 valence electrons. The molecule has 0 fully saturated rings. The lowest BCUT2D eigenvalue weighted by molar-refractivity contribution is 0.525. The highest BCUT2D eigenvalue weighted by Gasteiger charge is 2.12. The van der Waals surface area contributed by atoms with Crippen molar-refractivity contribution in [3.8, 4) is 0 Å². The van der Waals surface area contributed by atoms with E-state index in [0.29, 0.717) is 6.04 Å². The van der Waals surface area contributed by atoms with E-state index in [4.69, 9.17) is 0 Å². The maximum Gasteiger partial charge on any atom is 0.0947 e. The summed E-state index contributed by atoms with van der Waals surface area (Å²) in [7, 11) is 5.94. The van der Waals surface area contributed by atoms with Gasteiger partial charge in [0.2, 0.25) is 0 Å². The van der Waals surface area contributed by atoms with E-state index >= 15 is 0 Å². The fraction of sp³-hybridized carbons (Fsp3) is 0.500. The third-order valence-electron chi connectivity index (χ3n) is 3.04. The van der Waals surface area contributed by atoms with Crippen molar-refractivity contribution >= 4 is 0 Å². The lowest BCUT2D eigenvalue weighted by Crippen LogP contribution is -2.18. The van der Waals surface area contributed by atoms with Gasteiger partial charge in [-0.25, -0.2) is 4.98 Å². The third kappa shape index (κ3) is 2.74. The van der Waals surface area contributed by atoms with Gasteiger partial charge in [0.05, 0.1) is 18.1 Å². The molecule has 1 atom stereocenters. The van der Waals surface area contributed by atoms with Gasteiger partial charge in [-0.3, -0.25) is 4.68 Å². The number of rotatable bonds is 5. The molecule has 2 rings (SSSR count). The van der Waals surface area contributed by atoms with Crippen molar-refractivity contribution < 1.29 is 0 Å². The minimum Gasteiger partial charge on any atom is -0.340 e. The smallest absolute Gasteiger partial charge is 0.0947 e. The molecule has 1 unspecified atom stereocenters. The summed E-state index contributed by atoms with van der Waals surface area (Å²) in [5, 5.41) is 7.48. The van der Waals surface area contributed by atoms with E-state index in [1.54, 1.807) is 0 Å². The molecule has 5 nitrogen and oxygen atoms in total. The van der Waals surface area contributed by atoms with Crippen LogP contribution in [0.4, 0.5) is 0 Å². The summed E-state index contributed by atoms with van der Waals surface area (Å²) in [6.45, 7) is 0. The number of imidazole rings is 1. The number of aryl methyl sites for hydroxylation is 3. The molecule has 0 aliphatic heterocycles. The summed E-state index contributed by atoms with van der Waals surface area (Å²) in [4.78, 5) is 4.39. The first kappa shape index (κ1) is 11.9. The second kappa shape index (κ2) is 5.14. The van der Waals surface area contributed by atoms with E-state index in [9.17, 15) is 0 Å². The summed E-state index contributed by atoms with van der Waals surface area (Å²) in [5.41, 5.74) is 2.35. The Morgan fingerprint density at radius 1 is 1.41 bits per heavy atom. The zero-order chi connectivity index (χ0) is 12.3. The number of hydrogen-bond donors (Lipinski definition) is 1. The molecule has 2 heterocycles. The lowest BCUT2D eigenvalue weighted by Gasteiger charge is -2.13. The van der Waals surface area contributed by atoms with Gasteiger partial charge < -0.3 is 9.88 Å². The zero-order valence-corrected chi connectivity index (χ0v) is 10.6. The highest BCUT2D eigenvalue weighted by Crippen LogP contribution is 2.16. The van der Waals surface area contributed by atoms with Crippen LogP contribution in [0.5, 0.6) is 0 Å². The van der Waals surface area contributed by atoms with E-state index in [1.165, 1.54) is 5.69 Å². The number of nitrogens with zero attached hydrogens (tertiary/aromatic N) is 4. The molecule has 0 radical (unpaired) electrons. The average Bonchev–Trinajstić information content (AvgIpc) is 2.90. The van der Waals surface area contributed by atoms with Crippen molar-refractivity contribution in [3.05, 3.63) is 36.2 Å². The van der Waals surface area contributed by atoms with Crippen LogP contribution in [0.2, 0.25) is 0 Å². The van der Waals surface area contributed by atoms with Crippen LogP contribution in [0.3, 0.4) is 0 Å². The molecule has 0 bridgehead atoms. The Bertz CT molecular complexity index is 471. The van der Waals surface area contributed by atoms with Crippen LogP contribution in [0, 0.1) is 0 Å². The van der Waals surface area contributed by atoms with Gasteiger partial charge in [0.15, 0.2) is 0 Å². The van der Waals surface area contributed by atoms with Crippen molar-refractivity contribution in [2.75, 3.05) is 7.05 Å². The fourth-order valence-corrected chi connectivity index (χ4v) is 1.99. The first-order valence-electron chi connectivity index (χ1n) is 5.82. The Morgan fingerprint density at radius 2 is 2.24 bits per heavy atom. The number of hydrogen-bond acceptors (Lipinski definition) is 3. The standard InChI is InChI=1S/C12H19N5/c1-13-11(12-8-16(2)9-14-12)5-4-10-6-7-15-17(10)3/h6-9,11,13H,4-5H2,1-3H3. The Morgan fingerprint density at radius 3 is 2.76 bits per heavy atom. The Hall–Kier alpha value is -1.62. The molecule has 1 N–H and O–H groups in total. The number of aromatic nitrogens is 4. The first-order chi connectivity index (χ1) is 8.20. The molecular weight excluding hydrogens is 214 g/mol. The Kier molecular flexibility index (Phi) is 3.58. The molecule has 0 spiro atoms. The Balaban J connectivity index is 1.99. The zero-order valence-electron chi connectivity index (χ0n) is 10.6. The number of nitrogens with one attached hydrogen (secondary N) is 1. The van der Waals surface area contributed by atoms with E-state index < -0.39 is 0 Å². The summed E-state index contributed by atoms with van der Waals surface area (Å²) < 4.78 is 3.90. The third-order valence-corrected chi connectivity index (χ3v) is 3.04. The second-order valence-electron chi connectivity index (χ2n) is 4.29. The molecule has 17 heavy (non-hydrogen) atoms. The van der Waals surface area contributed by atoms with Gasteiger partial charge in [-0.05, 0) is 26.0 Å². The molecule has 0 saturated heterocycles. The largest absolute Gasteiger partial charge is 0.340 e. The van der Waals surface area contributed by atoms with Gasteiger partial charge in [-0.1, -0.05) is 0 Å². The molecule has 5 heteroatoms. The monoisotopic (exact) mass is 233 g/mol. The summed E-state index contributed by atoms with van der Waals surface area (Å²) in [6.07, 6.45) is 7.75. The molecule has 0 aromatic carbocycles. The van der Waals surface area contributed by atoms with E-state index in [-0.39, 0.29) is 0 Å². The van der Waals surface area contributed by atoms with Crippen LogP contribution in [0.1, 0.15) is 23.9 Å². The minimum absolute atomic E-state index is 0.297. The van der Waals surface area contributed by atoms with Crippen molar-refractivity contribution in [1.82, 2.24) is 24.6 Å². The van der Waals surface area contributed by atoms with Crippen LogP contribution < -0.4 is 5.32 Å². The predicted octanol–water partition coefficient (Wildman–Crippen LogP) is 1.05. The molecule has 0 aliphatic carbocycles. The molecule has 0 saturated carbocycles. The van der Waals surface area contributed by atoms with Crippen molar-refractivity contribution in [1.29, 1.82) is 0 Å². The lowest BCUT2D eigenvalue weighted by atomic mass is 10.1. The maximum absolute atomic E-state index is 4.39. The van der Waals surface area contributed by atoms with Gasteiger partial charge in [0.1, 0.15) is 0 Å². The highest BCUT2D eigenvalue weighted by atomic mass is 15.2. The van der Waals surface area contributed by atoms with Crippen LogP contribution in [-0.4, -0.2) is 26.4 Å². The minimum atomic E-state index is 0.297. The molecule has 0 aliphatic rings. The molecule has 2 aromatic rings. The summed E-state index contributed by atoms with van der Waals surface area (Å²) in [5.74, 6) is 0. The van der Waals surface area contributed by atoms with E-state index in [0.717, 1.165) is 18.5 Å². The van der Waals surface area contributed by atoms with Crippen LogP contribution in [-0.2, 0) is 20.5 Å². The van der Waals surface area contributed by atoms with E-state index in [1.807, 2.05) is 42.9 Å². The first-order valence-corrected chi connectivity index (χ1v) is 5.82. The van der Waals surface area contributed by atoms with Crippen molar-refractivity contribution in [2.24, 2.45) is 14.1 Å². The average molecular weight is 233 g/mol. The quantitative estimate of drug-likeness (QED) is 0.839.